The van der Waals surface area contributed by atoms with E-state index in [9.17, 15) is 18.0 Å². The van der Waals surface area contributed by atoms with Crippen LogP contribution >= 0.6 is 0 Å². The SMILES string of the molecule is Cc1ccc(S(=O)(=O)N(C)CC(=O)NNC(=O)CCCc2c[nH]c3ccccc23)cc1. The molecule has 0 saturated carbocycles. The molecule has 0 aliphatic rings. The lowest BCUT2D eigenvalue weighted by atomic mass is 10.1. The van der Waals surface area contributed by atoms with E-state index in [0.29, 0.717) is 6.42 Å². The van der Waals surface area contributed by atoms with E-state index in [1.807, 2.05) is 37.4 Å². The number of aromatic amines is 1. The van der Waals surface area contributed by atoms with E-state index >= 15 is 0 Å². The number of likely N-dealkylation sites (N-methyl/N-ethyl adjacent to an activating group) is 1. The topological polar surface area (TPSA) is 111 Å². The zero-order chi connectivity index (χ0) is 22.4. The molecule has 0 unspecified atom stereocenters. The molecule has 0 bridgehead atoms. The zero-order valence-electron chi connectivity index (χ0n) is 17.5. The predicted molar refractivity (Wildman–Crippen MR) is 119 cm³/mol. The van der Waals surface area contributed by atoms with Crippen molar-refractivity contribution in [2.45, 2.75) is 31.1 Å². The number of H-pyrrole nitrogens is 1. The number of aryl methyl sites for hydroxylation is 2. The van der Waals surface area contributed by atoms with Gasteiger partial charge in [-0.25, -0.2) is 8.42 Å². The van der Waals surface area contributed by atoms with Gasteiger partial charge in [-0.3, -0.25) is 20.4 Å². The lowest BCUT2D eigenvalue weighted by Crippen LogP contribution is -2.46. The van der Waals surface area contributed by atoms with Gasteiger partial charge in [-0.2, -0.15) is 4.31 Å². The predicted octanol–water partition coefficient (Wildman–Crippen LogP) is 2.27. The number of hydrogen-bond acceptors (Lipinski definition) is 4. The maximum Gasteiger partial charge on any atom is 0.253 e. The Kier molecular flexibility index (Phi) is 7.09. The van der Waals surface area contributed by atoms with Crippen molar-refractivity contribution in [1.82, 2.24) is 20.1 Å². The van der Waals surface area contributed by atoms with Gasteiger partial charge >= 0.3 is 0 Å². The number of amides is 2. The highest BCUT2D eigenvalue weighted by atomic mass is 32.2. The molecule has 9 heteroatoms. The number of carbonyl (C=O) groups is 2. The van der Waals surface area contributed by atoms with Crippen molar-refractivity contribution in [2.24, 2.45) is 0 Å². The molecule has 1 aromatic heterocycles. The minimum absolute atomic E-state index is 0.106. The lowest BCUT2D eigenvalue weighted by Gasteiger charge is -2.17. The average Bonchev–Trinajstić information content (AvgIpc) is 3.16. The fraction of sp³-hybridized carbons (Fsp3) is 0.273. The Balaban J connectivity index is 1.42. The van der Waals surface area contributed by atoms with Gasteiger partial charge in [0.2, 0.25) is 15.9 Å². The highest BCUT2D eigenvalue weighted by molar-refractivity contribution is 7.89. The van der Waals surface area contributed by atoms with Crippen molar-refractivity contribution in [1.29, 1.82) is 0 Å². The molecule has 0 saturated heterocycles. The third kappa shape index (κ3) is 5.71. The van der Waals surface area contributed by atoms with Crippen LogP contribution in [0.2, 0.25) is 0 Å². The number of carbonyl (C=O) groups excluding carboxylic acids is 2. The second-order valence-corrected chi connectivity index (χ2v) is 9.43. The van der Waals surface area contributed by atoms with Crippen LogP contribution < -0.4 is 10.9 Å². The number of para-hydroxylation sites is 1. The third-order valence-corrected chi connectivity index (χ3v) is 6.78. The maximum absolute atomic E-state index is 12.5. The first-order valence-electron chi connectivity index (χ1n) is 9.93. The molecule has 3 N–H and O–H groups in total. The standard InChI is InChI=1S/C22H26N4O4S/c1-16-10-12-18(13-11-16)31(29,30)26(2)15-22(28)25-24-21(27)9-5-6-17-14-23-20-8-4-3-7-19(17)20/h3-4,7-8,10-14,23H,5-6,9,15H2,1-2H3,(H,24,27)(H,25,28). The summed E-state index contributed by atoms with van der Waals surface area (Å²) >= 11 is 0. The number of fused-ring (bicyclic) bond motifs is 1. The summed E-state index contributed by atoms with van der Waals surface area (Å²) in [5.41, 5.74) is 7.73. The quantitative estimate of drug-likeness (QED) is 0.465. The van der Waals surface area contributed by atoms with Crippen molar-refractivity contribution >= 4 is 32.7 Å². The molecule has 31 heavy (non-hydrogen) atoms. The van der Waals surface area contributed by atoms with Gasteiger partial charge in [0.1, 0.15) is 0 Å². The van der Waals surface area contributed by atoms with Gasteiger partial charge in [0.05, 0.1) is 11.4 Å². The number of nitrogens with zero attached hydrogens (tertiary/aromatic N) is 1. The molecule has 1 heterocycles. The highest BCUT2D eigenvalue weighted by Crippen LogP contribution is 2.19. The Hall–Kier alpha value is -3.17. The van der Waals surface area contributed by atoms with Crippen LogP contribution in [0.25, 0.3) is 10.9 Å². The molecule has 3 rings (SSSR count). The van der Waals surface area contributed by atoms with E-state index in [4.69, 9.17) is 0 Å². The number of aromatic nitrogens is 1. The number of nitrogens with one attached hydrogen (secondary N) is 3. The van der Waals surface area contributed by atoms with Crippen molar-refractivity contribution in [3.05, 3.63) is 65.9 Å². The molecule has 0 fully saturated rings. The number of hydrogen-bond donors (Lipinski definition) is 3. The Morgan fingerprint density at radius 1 is 1.00 bits per heavy atom. The molecule has 0 radical (unpaired) electrons. The molecule has 3 aromatic rings. The van der Waals surface area contributed by atoms with Gasteiger partial charge < -0.3 is 4.98 Å². The van der Waals surface area contributed by atoms with Crippen LogP contribution in [0.3, 0.4) is 0 Å². The third-order valence-electron chi connectivity index (χ3n) is 4.96. The summed E-state index contributed by atoms with van der Waals surface area (Å²) in [4.78, 5) is 27.4. The van der Waals surface area contributed by atoms with Crippen molar-refractivity contribution in [2.75, 3.05) is 13.6 Å². The van der Waals surface area contributed by atoms with Crippen LogP contribution in [0.1, 0.15) is 24.0 Å². The minimum Gasteiger partial charge on any atom is -0.361 e. The van der Waals surface area contributed by atoms with E-state index in [-0.39, 0.29) is 17.2 Å². The van der Waals surface area contributed by atoms with Crippen molar-refractivity contribution in [3.63, 3.8) is 0 Å². The summed E-state index contributed by atoms with van der Waals surface area (Å²) in [6, 6.07) is 14.3. The molecular formula is C22H26N4O4S. The normalized spacial score (nSPS) is 11.6. The first-order chi connectivity index (χ1) is 14.8. The van der Waals surface area contributed by atoms with Crippen LogP contribution in [-0.2, 0) is 26.0 Å². The summed E-state index contributed by atoms with van der Waals surface area (Å²) < 4.78 is 26.0. The van der Waals surface area contributed by atoms with Crippen LogP contribution in [0.15, 0.2) is 59.6 Å². The summed E-state index contributed by atoms with van der Waals surface area (Å²) in [6.45, 7) is 1.45. The molecule has 0 aliphatic carbocycles. The van der Waals surface area contributed by atoms with Crippen LogP contribution in [0, 0.1) is 6.92 Å². The second-order valence-electron chi connectivity index (χ2n) is 7.38. The van der Waals surface area contributed by atoms with Crippen molar-refractivity contribution < 1.29 is 18.0 Å². The number of rotatable bonds is 8. The van der Waals surface area contributed by atoms with Crippen LogP contribution in [0.4, 0.5) is 0 Å². The smallest absolute Gasteiger partial charge is 0.253 e. The Labute approximate surface area is 181 Å². The number of hydrazine groups is 1. The van der Waals surface area contributed by atoms with Gasteiger partial charge in [0.15, 0.2) is 0 Å². The molecule has 2 aromatic carbocycles. The van der Waals surface area contributed by atoms with Crippen molar-refractivity contribution in [3.8, 4) is 0 Å². The molecule has 164 valence electrons. The molecule has 0 atom stereocenters. The average molecular weight is 443 g/mol. The first kappa shape index (κ1) is 22.5. The summed E-state index contributed by atoms with van der Waals surface area (Å²) in [7, 11) is -2.47. The molecule has 8 nitrogen and oxygen atoms in total. The van der Waals surface area contributed by atoms with E-state index in [1.54, 1.807) is 12.1 Å². The monoisotopic (exact) mass is 442 g/mol. The Morgan fingerprint density at radius 2 is 1.68 bits per heavy atom. The fourth-order valence-electron chi connectivity index (χ4n) is 3.20. The summed E-state index contributed by atoms with van der Waals surface area (Å²) in [5, 5.41) is 1.13. The largest absolute Gasteiger partial charge is 0.361 e. The second kappa shape index (κ2) is 9.76. The van der Waals surface area contributed by atoms with Gasteiger partial charge in [-0.15, -0.1) is 0 Å². The van der Waals surface area contributed by atoms with E-state index in [0.717, 1.165) is 32.8 Å². The summed E-state index contributed by atoms with van der Waals surface area (Å²) in [5.74, 6) is -0.958. The fourth-order valence-corrected chi connectivity index (χ4v) is 4.32. The van der Waals surface area contributed by atoms with Gasteiger partial charge in [0.25, 0.3) is 5.91 Å². The maximum atomic E-state index is 12.5. The number of benzene rings is 2. The lowest BCUT2D eigenvalue weighted by molar-refractivity contribution is -0.128. The Morgan fingerprint density at radius 3 is 2.42 bits per heavy atom. The molecular weight excluding hydrogens is 416 g/mol. The van der Waals surface area contributed by atoms with E-state index in [1.165, 1.54) is 19.2 Å². The van der Waals surface area contributed by atoms with Gasteiger partial charge in [-0.1, -0.05) is 35.9 Å². The summed E-state index contributed by atoms with van der Waals surface area (Å²) in [6.07, 6.45) is 3.51. The van der Waals surface area contributed by atoms with E-state index < -0.39 is 22.5 Å². The molecule has 0 aliphatic heterocycles. The molecule has 0 spiro atoms. The Bertz CT molecular complexity index is 1170. The van der Waals surface area contributed by atoms with E-state index in [2.05, 4.69) is 15.8 Å². The van der Waals surface area contributed by atoms with Crippen LogP contribution in [0.5, 0.6) is 0 Å². The first-order valence-corrected chi connectivity index (χ1v) is 11.4. The van der Waals surface area contributed by atoms with Gasteiger partial charge in [0, 0.05) is 30.6 Å². The molecule has 2 amide bonds. The highest BCUT2D eigenvalue weighted by Gasteiger charge is 2.23. The van der Waals surface area contributed by atoms with Gasteiger partial charge in [-0.05, 0) is 43.5 Å². The number of sulfonamides is 1. The van der Waals surface area contributed by atoms with Crippen LogP contribution in [-0.4, -0.2) is 43.1 Å². The zero-order valence-corrected chi connectivity index (χ0v) is 18.3. The minimum atomic E-state index is -3.79.